The maximum Gasteiger partial charge on any atom is 0.264 e. The maximum absolute atomic E-state index is 12.9. The Bertz CT molecular complexity index is 1060. The molecule has 0 unspecified atom stereocenters. The van der Waals surface area contributed by atoms with Crippen LogP contribution in [0.4, 0.5) is 0 Å². The van der Waals surface area contributed by atoms with Crippen LogP contribution < -0.4 is 4.74 Å². The molecule has 162 valence electrons. The lowest BCUT2D eigenvalue weighted by atomic mass is 10.2. The topological polar surface area (TPSA) is 32.8 Å². The van der Waals surface area contributed by atoms with Gasteiger partial charge in [-0.2, -0.15) is 0 Å². The zero-order valence-corrected chi connectivity index (χ0v) is 20.5. The summed E-state index contributed by atoms with van der Waals surface area (Å²) in [7, 11) is 0. The van der Waals surface area contributed by atoms with Gasteiger partial charge in [0.1, 0.15) is 12.4 Å². The van der Waals surface area contributed by atoms with E-state index in [2.05, 4.69) is 39.0 Å². The second-order valence-electron chi connectivity index (χ2n) is 7.72. The second kappa shape index (κ2) is 10.2. The van der Waals surface area contributed by atoms with Crippen LogP contribution in [0.15, 0.2) is 58.4 Å². The average molecular weight is 520 g/mol. The SMILES string of the molecule is Cc1cc(Cl)ccc1OCc1csc(C(=O)N2CCN(Cc3cccc(Br)c3)CC2)c1. The molecule has 2 aromatic carbocycles. The van der Waals surface area contributed by atoms with Gasteiger partial charge in [0.05, 0.1) is 4.88 Å². The molecule has 4 rings (SSSR count). The van der Waals surface area contributed by atoms with Gasteiger partial charge in [-0.05, 0) is 59.8 Å². The summed E-state index contributed by atoms with van der Waals surface area (Å²) in [5.74, 6) is 0.922. The molecule has 0 spiro atoms. The van der Waals surface area contributed by atoms with Gasteiger partial charge in [0.25, 0.3) is 5.91 Å². The Kier molecular flexibility index (Phi) is 7.33. The van der Waals surface area contributed by atoms with Crippen molar-refractivity contribution in [1.82, 2.24) is 9.80 Å². The molecule has 0 aliphatic carbocycles. The van der Waals surface area contributed by atoms with Crippen molar-refractivity contribution in [2.75, 3.05) is 26.2 Å². The molecule has 1 fully saturated rings. The summed E-state index contributed by atoms with van der Waals surface area (Å²) >= 11 is 11.0. The van der Waals surface area contributed by atoms with E-state index in [1.165, 1.54) is 16.9 Å². The smallest absolute Gasteiger partial charge is 0.264 e. The van der Waals surface area contributed by atoms with Crippen LogP contribution in [-0.4, -0.2) is 41.9 Å². The third-order valence-electron chi connectivity index (χ3n) is 5.35. The predicted octanol–water partition coefficient (Wildman–Crippen LogP) is 6.01. The zero-order chi connectivity index (χ0) is 21.8. The predicted molar refractivity (Wildman–Crippen MR) is 130 cm³/mol. The Hall–Kier alpha value is -1.86. The van der Waals surface area contributed by atoms with Gasteiger partial charge in [-0.15, -0.1) is 11.3 Å². The number of hydrogen-bond acceptors (Lipinski definition) is 4. The molecule has 0 bridgehead atoms. The van der Waals surface area contributed by atoms with Crippen LogP contribution in [0.2, 0.25) is 5.02 Å². The molecule has 1 amide bonds. The van der Waals surface area contributed by atoms with Crippen LogP contribution in [0.25, 0.3) is 0 Å². The molecule has 1 saturated heterocycles. The van der Waals surface area contributed by atoms with Crippen LogP contribution in [0, 0.1) is 6.92 Å². The summed E-state index contributed by atoms with van der Waals surface area (Å²) in [5, 5.41) is 2.70. The van der Waals surface area contributed by atoms with Crippen molar-refractivity contribution in [1.29, 1.82) is 0 Å². The van der Waals surface area contributed by atoms with Gasteiger partial charge >= 0.3 is 0 Å². The van der Waals surface area contributed by atoms with Gasteiger partial charge in [0, 0.05) is 47.8 Å². The van der Waals surface area contributed by atoms with Gasteiger partial charge in [-0.3, -0.25) is 9.69 Å². The maximum atomic E-state index is 12.9. The first-order valence-corrected chi connectivity index (χ1v) is 12.3. The van der Waals surface area contributed by atoms with Crippen molar-refractivity contribution < 1.29 is 9.53 Å². The van der Waals surface area contributed by atoms with Gasteiger partial charge < -0.3 is 9.64 Å². The minimum absolute atomic E-state index is 0.112. The van der Waals surface area contributed by atoms with Crippen molar-refractivity contribution in [2.45, 2.75) is 20.1 Å². The molecule has 4 nitrogen and oxygen atoms in total. The minimum Gasteiger partial charge on any atom is -0.489 e. The van der Waals surface area contributed by atoms with E-state index in [4.69, 9.17) is 16.3 Å². The molecule has 0 atom stereocenters. The summed E-state index contributed by atoms with van der Waals surface area (Å²) < 4.78 is 7.01. The summed E-state index contributed by atoms with van der Waals surface area (Å²) in [6.07, 6.45) is 0. The van der Waals surface area contributed by atoms with E-state index in [9.17, 15) is 4.79 Å². The van der Waals surface area contributed by atoms with Crippen LogP contribution >= 0.6 is 38.9 Å². The molecule has 1 aromatic heterocycles. The molecular formula is C24H24BrClN2O2S. The lowest BCUT2D eigenvalue weighted by Crippen LogP contribution is -2.48. The van der Waals surface area contributed by atoms with Crippen molar-refractivity contribution >= 4 is 44.8 Å². The number of piperazine rings is 1. The molecule has 0 saturated carbocycles. The highest BCUT2D eigenvalue weighted by Crippen LogP contribution is 2.24. The van der Waals surface area contributed by atoms with E-state index in [1.807, 2.05) is 47.5 Å². The van der Waals surface area contributed by atoms with Crippen LogP contribution in [-0.2, 0) is 13.2 Å². The molecule has 2 heterocycles. The number of nitrogens with zero attached hydrogens (tertiary/aromatic N) is 2. The summed E-state index contributed by atoms with van der Waals surface area (Å²) in [6, 6.07) is 15.9. The first kappa shape index (κ1) is 22.3. The lowest BCUT2D eigenvalue weighted by Gasteiger charge is -2.34. The van der Waals surface area contributed by atoms with Crippen molar-refractivity contribution in [2.24, 2.45) is 0 Å². The molecule has 31 heavy (non-hydrogen) atoms. The number of amides is 1. The fourth-order valence-corrected chi connectivity index (χ4v) is 5.19. The summed E-state index contributed by atoms with van der Waals surface area (Å²) in [4.78, 5) is 18.1. The third kappa shape index (κ3) is 5.89. The first-order chi connectivity index (χ1) is 15.0. The van der Waals surface area contributed by atoms with Crippen LogP contribution in [0.5, 0.6) is 5.75 Å². The highest BCUT2D eigenvalue weighted by atomic mass is 79.9. The molecule has 0 radical (unpaired) electrons. The number of carbonyl (C=O) groups excluding carboxylic acids is 1. The standard InChI is InChI=1S/C24H24BrClN2O2S/c1-17-11-21(26)5-6-22(17)30-15-19-13-23(31-16-19)24(29)28-9-7-27(8-10-28)14-18-3-2-4-20(25)12-18/h2-6,11-13,16H,7-10,14-15H2,1H3. The minimum atomic E-state index is 0.112. The average Bonchev–Trinajstić information content (AvgIpc) is 3.22. The Morgan fingerprint density at radius 2 is 1.90 bits per heavy atom. The van der Waals surface area contributed by atoms with E-state index in [0.717, 1.165) is 59.0 Å². The Balaban J connectivity index is 1.29. The number of carbonyl (C=O) groups is 1. The Morgan fingerprint density at radius 3 is 2.65 bits per heavy atom. The molecule has 1 aliphatic heterocycles. The second-order valence-corrected chi connectivity index (χ2v) is 9.98. The fourth-order valence-electron chi connectivity index (χ4n) is 3.66. The van der Waals surface area contributed by atoms with Crippen molar-refractivity contribution in [3.8, 4) is 5.75 Å². The quantitative estimate of drug-likeness (QED) is 0.400. The number of ether oxygens (including phenoxy) is 1. The molecular weight excluding hydrogens is 496 g/mol. The summed E-state index contributed by atoms with van der Waals surface area (Å²) in [5.41, 5.74) is 3.30. The number of benzene rings is 2. The lowest BCUT2D eigenvalue weighted by molar-refractivity contribution is 0.0633. The van der Waals surface area contributed by atoms with E-state index >= 15 is 0 Å². The third-order valence-corrected chi connectivity index (χ3v) is 7.05. The van der Waals surface area contributed by atoms with Gasteiger partial charge in [0.2, 0.25) is 0 Å². The van der Waals surface area contributed by atoms with Crippen LogP contribution in [0.1, 0.15) is 26.4 Å². The largest absolute Gasteiger partial charge is 0.489 e. The fraction of sp³-hybridized carbons (Fsp3) is 0.292. The van der Waals surface area contributed by atoms with Crippen molar-refractivity contribution in [3.05, 3.63) is 85.0 Å². The van der Waals surface area contributed by atoms with Gasteiger partial charge in [-0.1, -0.05) is 39.7 Å². The highest BCUT2D eigenvalue weighted by molar-refractivity contribution is 9.10. The summed E-state index contributed by atoms with van der Waals surface area (Å²) in [6.45, 7) is 6.59. The number of aryl methyl sites for hydroxylation is 1. The number of thiophene rings is 1. The van der Waals surface area contributed by atoms with E-state index in [1.54, 1.807) is 0 Å². The van der Waals surface area contributed by atoms with Crippen molar-refractivity contribution in [3.63, 3.8) is 0 Å². The Morgan fingerprint density at radius 1 is 1.10 bits per heavy atom. The monoisotopic (exact) mass is 518 g/mol. The van der Waals surface area contributed by atoms with E-state index in [-0.39, 0.29) is 5.91 Å². The molecule has 1 aliphatic rings. The van der Waals surface area contributed by atoms with Crippen LogP contribution in [0.3, 0.4) is 0 Å². The van der Waals surface area contributed by atoms with E-state index < -0.39 is 0 Å². The van der Waals surface area contributed by atoms with Gasteiger partial charge in [0.15, 0.2) is 0 Å². The molecule has 3 aromatic rings. The Labute approximate surface area is 200 Å². The normalized spacial score (nSPS) is 14.6. The molecule has 7 heteroatoms. The number of rotatable bonds is 6. The number of halogens is 2. The first-order valence-electron chi connectivity index (χ1n) is 10.2. The number of hydrogen-bond donors (Lipinski definition) is 0. The zero-order valence-electron chi connectivity index (χ0n) is 17.3. The van der Waals surface area contributed by atoms with Gasteiger partial charge in [-0.25, -0.2) is 0 Å². The van der Waals surface area contributed by atoms with E-state index in [0.29, 0.717) is 11.6 Å². The molecule has 0 N–H and O–H groups in total. The highest BCUT2D eigenvalue weighted by Gasteiger charge is 2.23.